The minimum atomic E-state index is -3.23. The second-order valence-corrected chi connectivity index (χ2v) is 8.44. The molecule has 0 aliphatic carbocycles. The molecular formula is C13H26N4O2S. The Labute approximate surface area is 121 Å². The molecule has 0 spiro atoms. The topological polar surface area (TPSA) is 90.0 Å². The predicted molar refractivity (Wildman–Crippen MR) is 81.0 cm³/mol. The SMILES string of the molecule is CCC(C)n1ccc(CC(NN)C(C)(C)S(C)(=O)=O)n1. The third-order valence-electron chi connectivity index (χ3n) is 4.12. The fourth-order valence-corrected chi connectivity index (χ4v) is 2.56. The number of nitrogens with one attached hydrogen (secondary N) is 1. The first-order valence-electron chi connectivity index (χ1n) is 6.83. The van der Waals surface area contributed by atoms with E-state index in [2.05, 4.69) is 24.4 Å². The van der Waals surface area contributed by atoms with Gasteiger partial charge in [0.1, 0.15) is 0 Å². The number of rotatable bonds is 7. The molecule has 1 aromatic rings. The van der Waals surface area contributed by atoms with Gasteiger partial charge < -0.3 is 0 Å². The summed E-state index contributed by atoms with van der Waals surface area (Å²) in [5, 5.41) is 4.49. The van der Waals surface area contributed by atoms with Gasteiger partial charge in [-0.15, -0.1) is 0 Å². The van der Waals surface area contributed by atoms with Gasteiger partial charge in [-0.25, -0.2) is 8.42 Å². The average molecular weight is 302 g/mol. The van der Waals surface area contributed by atoms with Crippen LogP contribution in [0.25, 0.3) is 0 Å². The maximum Gasteiger partial charge on any atom is 0.154 e. The number of hydrogen-bond donors (Lipinski definition) is 2. The third kappa shape index (κ3) is 3.59. The summed E-state index contributed by atoms with van der Waals surface area (Å²) in [6.07, 6.45) is 4.62. The zero-order chi connectivity index (χ0) is 15.6. The lowest BCUT2D eigenvalue weighted by atomic mass is 9.99. The maximum absolute atomic E-state index is 11.9. The summed E-state index contributed by atoms with van der Waals surface area (Å²) in [6.45, 7) is 7.55. The smallest absolute Gasteiger partial charge is 0.154 e. The highest BCUT2D eigenvalue weighted by atomic mass is 32.2. The standard InChI is InChI=1S/C13H26N4O2S/c1-6-10(2)17-8-7-11(16-17)9-12(15-14)13(3,4)20(5,18)19/h7-8,10,12,15H,6,9,14H2,1-5H3. The van der Waals surface area contributed by atoms with Gasteiger partial charge in [-0.3, -0.25) is 16.0 Å². The van der Waals surface area contributed by atoms with Crippen LogP contribution < -0.4 is 11.3 Å². The normalized spacial score (nSPS) is 16.1. The molecule has 20 heavy (non-hydrogen) atoms. The van der Waals surface area contributed by atoms with Crippen LogP contribution >= 0.6 is 0 Å². The largest absolute Gasteiger partial charge is 0.271 e. The molecule has 1 rings (SSSR count). The third-order valence-corrected chi connectivity index (χ3v) is 6.31. The zero-order valence-electron chi connectivity index (χ0n) is 12.9. The fraction of sp³-hybridized carbons (Fsp3) is 0.769. The number of hydrogen-bond acceptors (Lipinski definition) is 5. The Morgan fingerprint density at radius 1 is 1.50 bits per heavy atom. The Bertz CT molecular complexity index is 536. The predicted octanol–water partition coefficient (Wildman–Crippen LogP) is 1.05. The molecule has 2 unspecified atom stereocenters. The first kappa shape index (κ1) is 17.1. The molecular weight excluding hydrogens is 276 g/mol. The van der Waals surface area contributed by atoms with Crippen LogP contribution in [0.5, 0.6) is 0 Å². The van der Waals surface area contributed by atoms with E-state index < -0.39 is 20.6 Å². The second-order valence-electron chi connectivity index (χ2n) is 5.84. The van der Waals surface area contributed by atoms with E-state index in [0.29, 0.717) is 12.5 Å². The first-order chi connectivity index (χ1) is 9.13. The van der Waals surface area contributed by atoms with Gasteiger partial charge in [-0.05, 0) is 33.3 Å². The van der Waals surface area contributed by atoms with E-state index in [0.717, 1.165) is 12.1 Å². The maximum atomic E-state index is 11.9. The summed E-state index contributed by atoms with van der Waals surface area (Å²) in [6, 6.07) is 1.85. The van der Waals surface area contributed by atoms with Gasteiger partial charge in [-0.2, -0.15) is 5.10 Å². The van der Waals surface area contributed by atoms with Crippen LogP contribution in [0.1, 0.15) is 45.9 Å². The van der Waals surface area contributed by atoms with Gasteiger partial charge in [-0.1, -0.05) is 6.92 Å². The van der Waals surface area contributed by atoms with Crippen molar-refractivity contribution in [2.24, 2.45) is 5.84 Å². The highest BCUT2D eigenvalue weighted by molar-refractivity contribution is 7.92. The molecule has 0 aliphatic heterocycles. The average Bonchev–Trinajstić information content (AvgIpc) is 2.81. The number of aromatic nitrogens is 2. The van der Waals surface area contributed by atoms with Gasteiger partial charge in [0, 0.05) is 31.0 Å². The summed E-state index contributed by atoms with van der Waals surface area (Å²) < 4.78 is 24.7. The van der Waals surface area contributed by atoms with Crippen LogP contribution in [0, 0.1) is 0 Å². The van der Waals surface area contributed by atoms with Crippen molar-refractivity contribution in [3.8, 4) is 0 Å². The van der Waals surface area contributed by atoms with Gasteiger partial charge in [0.2, 0.25) is 0 Å². The zero-order valence-corrected chi connectivity index (χ0v) is 13.7. The molecule has 0 aliphatic rings. The van der Waals surface area contributed by atoms with Crippen LogP contribution in [0.15, 0.2) is 12.3 Å². The molecule has 3 N–H and O–H groups in total. The minimum absolute atomic E-state index is 0.330. The molecule has 0 aromatic carbocycles. The molecule has 0 amide bonds. The molecule has 0 bridgehead atoms. The van der Waals surface area contributed by atoms with Gasteiger partial charge in [0.15, 0.2) is 9.84 Å². The monoisotopic (exact) mass is 302 g/mol. The Morgan fingerprint density at radius 3 is 2.55 bits per heavy atom. The van der Waals surface area contributed by atoms with Crippen molar-refractivity contribution in [3.05, 3.63) is 18.0 Å². The summed E-state index contributed by atoms with van der Waals surface area (Å²) in [5.74, 6) is 5.55. The van der Waals surface area contributed by atoms with Crippen LogP contribution in [0.2, 0.25) is 0 Å². The van der Waals surface area contributed by atoms with Crippen molar-refractivity contribution in [3.63, 3.8) is 0 Å². The van der Waals surface area contributed by atoms with Crippen molar-refractivity contribution in [1.29, 1.82) is 0 Å². The first-order valence-corrected chi connectivity index (χ1v) is 8.72. The highest BCUT2D eigenvalue weighted by Gasteiger charge is 2.38. The van der Waals surface area contributed by atoms with Crippen molar-refractivity contribution in [2.75, 3.05) is 6.26 Å². The highest BCUT2D eigenvalue weighted by Crippen LogP contribution is 2.22. The Morgan fingerprint density at radius 2 is 2.10 bits per heavy atom. The number of hydrazine groups is 1. The minimum Gasteiger partial charge on any atom is -0.271 e. The summed E-state index contributed by atoms with van der Waals surface area (Å²) in [4.78, 5) is 0. The van der Waals surface area contributed by atoms with Crippen LogP contribution in [0.3, 0.4) is 0 Å². The molecule has 2 atom stereocenters. The molecule has 0 radical (unpaired) electrons. The Hall–Kier alpha value is -0.920. The van der Waals surface area contributed by atoms with Gasteiger partial charge >= 0.3 is 0 Å². The molecule has 0 saturated carbocycles. The lowest BCUT2D eigenvalue weighted by Gasteiger charge is -2.31. The number of nitrogens with two attached hydrogens (primary N) is 1. The van der Waals surface area contributed by atoms with Crippen molar-refractivity contribution >= 4 is 9.84 Å². The molecule has 1 heterocycles. The van der Waals surface area contributed by atoms with E-state index in [9.17, 15) is 8.42 Å². The lowest BCUT2D eigenvalue weighted by Crippen LogP contribution is -2.55. The van der Waals surface area contributed by atoms with Crippen molar-refractivity contribution < 1.29 is 8.42 Å². The van der Waals surface area contributed by atoms with E-state index in [-0.39, 0.29) is 0 Å². The molecule has 116 valence electrons. The van der Waals surface area contributed by atoms with E-state index in [1.807, 2.05) is 16.9 Å². The Balaban J connectivity index is 2.92. The molecule has 0 saturated heterocycles. The lowest BCUT2D eigenvalue weighted by molar-refractivity contribution is 0.405. The van der Waals surface area contributed by atoms with E-state index in [4.69, 9.17) is 5.84 Å². The van der Waals surface area contributed by atoms with E-state index >= 15 is 0 Å². The van der Waals surface area contributed by atoms with Gasteiger partial charge in [0.25, 0.3) is 0 Å². The van der Waals surface area contributed by atoms with Crippen molar-refractivity contribution in [2.45, 2.75) is 57.4 Å². The quantitative estimate of drug-likeness (QED) is 0.580. The van der Waals surface area contributed by atoms with E-state index in [1.54, 1.807) is 13.8 Å². The second kappa shape index (κ2) is 6.24. The fourth-order valence-electron chi connectivity index (χ4n) is 1.89. The Kier molecular flexibility index (Phi) is 5.34. The van der Waals surface area contributed by atoms with Crippen molar-refractivity contribution in [1.82, 2.24) is 15.2 Å². The number of sulfone groups is 1. The molecule has 7 heteroatoms. The van der Waals surface area contributed by atoms with Crippen LogP contribution in [-0.2, 0) is 16.3 Å². The molecule has 1 aromatic heterocycles. The molecule has 6 nitrogen and oxygen atoms in total. The van der Waals surface area contributed by atoms with Gasteiger partial charge in [0.05, 0.1) is 10.4 Å². The summed E-state index contributed by atoms with van der Waals surface area (Å²) in [5.41, 5.74) is 3.46. The summed E-state index contributed by atoms with van der Waals surface area (Å²) in [7, 11) is -3.23. The molecule has 0 fully saturated rings. The van der Waals surface area contributed by atoms with Crippen LogP contribution in [-0.4, -0.2) is 35.2 Å². The van der Waals surface area contributed by atoms with Crippen LogP contribution in [0.4, 0.5) is 0 Å². The summed E-state index contributed by atoms with van der Waals surface area (Å²) >= 11 is 0. The van der Waals surface area contributed by atoms with E-state index in [1.165, 1.54) is 6.26 Å². The number of nitrogens with zero attached hydrogens (tertiary/aromatic N) is 2.